The van der Waals surface area contributed by atoms with Crippen molar-refractivity contribution >= 4 is 5.69 Å². The smallest absolute Gasteiger partial charge is 0.119 e. The molecule has 2 aromatic rings. The monoisotopic (exact) mass is 284 g/mol. The number of ether oxygens (including phenoxy) is 1. The number of aryl methyl sites for hydroxylation is 1. The Morgan fingerprint density at radius 1 is 1.10 bits per heavy atom. The zero-order valence-corrected chi connectivity index (χ0v) is 12.9. The Morgan fingerprint density at radius 3 is 2.62 bits per heavy atom. The van der Waals surface area contributed by atoms with Crippen LogP contribution in [-0.2, 0) is 6.54 Å². The summed E-state index contributed by atoms with van der Waals surface area (Å²) < 4.78 is 5.84. The van der Waals surface area contributed by atoms with Crippen molar-refractivity contribution in [3.63, 3.8) is 0 Å². The summed E-state index contributed by atoms with van der Waals surface area (Å²) in [7, 11) is 0. The highest BCUT2D eigenvalue weighted by molar-refractivity contribution is 5.52. The van der Waals surface area contributed by atoms with Crippen LogP contribution < -0.4 is 15.4 Å². The number of rotatable bonds is 7. The first-order valence-corrected chi connectivity index (χ1v) is 7.47. The highest BCUT2D eigenvalue weighted by Gasteiger charge is 2.06. The van der Waals surface area contributed by atoms with Crippen molar-refractivity contribution in [1.82, 2.24) is 0 Å². The molecule has 2 N–H and O–H groups in total. The number of anilines is 1. The van der Waals surface area contributed by atoms with Crippen molar-refractivity contribution in [3.8, 4) is 5.75 Å². The molecule has 0 heterocycles. The Bertz CT molecular complexity index is 569. The number of benzene rings is 2. The molecule has 0 spiro atoms. The Kier molecular flexibility index (Phi) is 5.64. The Labute approximate surface area is 127 Å². The second-order valence-electron chi connectivity index (χ2n) is 5.07. The largest absolute Gasteiger partial charge is 0.492 e. The minimum absolute atomic E-state index is 0.543. The van der Waals surface area contributed by atoms with E-state index >= 15 is 0 Å². The van der Waals surface area contributed by atoms with E-state index in [-0.39, 0.29) is 0 Å². The minimum atomic E-state index is 0.543. The molecule has 0 radical (unpaired) electrons. The van der Waals surface area contributed by atoms with Crippen molar-refractivity contribution in [3.05, 3.63) is 59.7 Å². The van der Waals surface area contributed by atoms with Crippen LogP contribution in [-0.4, -0.2) is 19.7 Å². The molecule has 3 heteroatoms. The van der Waals surface area contributed by atoms with Gasteiger partial charge in [-0.3, -0.25) is 0 Å². The van der Waals surface area contributed by atoms with Crippen molar-refractivity contribution in [2.45, 2.75) is 20.4 Å². The molecule has 0 aliphatic heterocycles. The lowest BCUT2D eigenvalue weighted by atomic mass is 10.2. The van der Waals surface area contributed by atoms with Crippen LogP contribution in [0.3, 0.4) is 0 Å². The molecule has 0 unspecified atom stereocenters. The number of hydrogen-bond acceptors (Lipinski definition) is 3. The van der Waals surface area contributed by atoms with Gasteiger partial charge in [-0.15, -0.1) is 0 Å². The second-order valence-corrected chi connectivity index (χ2v) is 5.07. The summed E-state index contributed by atoms with van der Waals surface area (Å²) in [6.45, 7) is 7.36. The molecular weight excluding hydrogens is 260 g/mol. The zero-order valence-electron chi connectivity index (χ0n) is 12.9. The van der Waals surface area contributed by atoms with Crippen LogP contribution in [0.25, 0.3) is 0 Å². The minimum Gasteiger partial charge on any atom is -0.492 e. The van der Waals surface area contributed by atoms with E-state index in [1.54, 1.807) is 0 Å². The van der Waals surface area contributed by atoms with Gasteiger partial charge < -0.3 is 15.4 Å². The normalized spacial score (nSPS) is 10.4. The van der Waals surface area contributed by atoms with Gasteiger partial charge in [0.25, 0.3) is 0 Å². The highest BCUT2D eigenvalue weighted by atomic mass is 16.5. The van der Waals surface area contributed by atoms with Crippen LogP contribution in [0.5, 0.6) is 5.75 Å². The predicted octanol–water partition coefficient (Wildman–Crippen LogP) is 3.36. The van der Waals surface area contributed by atoms with E-state index in [0.717, 1.165) is 24.4 Å². The lowest BCUT2D eigenvalue weighted by molar-refractivity contribution is 0.324. The summed E-state index contributed by atoms with van der Waals surface area (Å²) >= 11 is 0. The Hall–Kier alpha value is -2.00. The molecule has 21 heavy (non-hydrogen) atoms. The molecule has 0 aliphatic carbocycles. The van der Waals surface area contributed by atoms with Crippen LogP contribution in [0.1, 0.15) is 18.1 Å². The Balaban J connectivity index is 1.93. The average molecular weight is 284 g/mol. The summed E-state index contributed by atoms with van der Waals surface area (Å²) in [5.41, 5.74) is 9.32. The van der Waals surface area contributed by atoms with Crippen molar-refractivity contribution < 1.29 is 4.74 Å². The van der Waals surface area contributed by atoms with Crippen LogP contribution in [0.4, 0.5) is 5.69 Å². The van der Waals surface area contributed by atoms with E-state index < -0.39 is 0 Å². The van der Waals surface area contributed by atoms with Crippen LogP contribution in [0.15, 0.2) is 48.5 Å². The van der Waals surface area contributed by atoms with Gasteiger partial charge in [-0.05, 0) is 43.2 Å². The third-order valence-electron chi connectivity index (χ3n) is 3.60. The van der Waals surface area contributed by atoms with Gasteiger partial charge in [-0.25, -0.2) is 0 Å². The number of hydrogen-bond donors (Lipinski definition) is 1. The molecule has 0 fully saturated rings. The van der Waals surface area contributed by atoms with Gasteiger partial charge in [0.15, 0.2) is 0 Å². The lowest BCUT2D eigenvalue weighted by Gasteiger charge is -2.25. The van der Waals surface area contributed by atoms with Crippen molar-refractivity contribution in [2.24, 2.45) is 5.73 Å². The average Bonchev–Trinajstić information content (AvgIpc) is 2.53. The van der Waals surface area contributed by atoms with Gasteiger partial charge >= 0.3 is 0 Å². The molecule has 0 amide bonds. The molecule has 112 valence electrons. The zero-order chi connectivity index (χ0) is 15.1. The highest BCUT2D eigenvalue weighted by Crippen LogP contribution is 2.19. The molecular formula is C18H24N2O. The third-order valence-corrected chi connectivity index (χ3v) is 3.60. The number of nitrogens with two attached hydrogens (primary N) is 1. The van der Waals surface area contributed by atoms with E-state index in [9.17, 15) is 0 Å². The van der Waals surface area contributed by atoms with Crippen LogP contribution in [0.2, 0.25) is 0 Å². The molecule has 0 aromatic heterocycles. The molecule has 0 saturated heterocycles. The van der Waals surface area contributed by atoms with Gasteiger partial charge in [0.2, 0.25) is 0 Å². The maximum Gasteiger partial charge on any atom is 0.119 e. The van der Waals surface area contributed by atoms with E-state index in [4.69, 9.17) is 10.5 Å². The lowest BCUT2D eigenvalue weighted by Crippen LogP contribution is -2.28. The van der Waals surface area contributed by atoms with Gasteiger partial charge in [0, 0.05) is 18.8 Å². The van der Waals surface area contributed by atoms with Gasteiger partial charge in [0.1, 0.15) is 12.4 Å². The first kappa shape index (κ1) is 15.4. The fraction of sp³-hybridized carbons (Fsp3) is 0.333. The van der Waals surface area contributed by atoms with E-state index in [0.29, 0.717) is 13.2 Å². The summed E-state index contributed by atoms with van der Waals surface area (Å²) in [6, 6.07) is 16.4. The van der Waals surface area contributed by atoms with Gasteiger partial charge in [-0.1, -0.05) is 30.3 Å². The molecule has 0 atom stereocenters. The Morgan fingerprint density at radius 2 is 1.90 bits per heavy atom. The molecule has 0 bridgehead atoms. The van der Waals surface area contributed by atoms with Gasteiger partial charge in [0.05, 0.1) is 6.54 Å². The number of likely N-dealkylation sites (N-methyl/N-ethyl adjacent to an activating group) is 1. The molecule has 2 rings (SSSR count). The quantitative estimate of drug-likeness (QED) is 0.847. The van der Waals surface area contributed by atoms with E-state index in [1.165, 1.54) is 11.3 Å². The fourth-order valence-corrected chi connectivity index (χ4v) is 2.40. The maximum atomic E-state index is 5.84. The molecule has 2 aromatic carbocycles. The third kappa shape index (κ3) is 4.23. The molecule has 0 aliphatic rings. The van der Waals surface area contributed by atoms with Crippen molar-refractivity contribution in [2.75, 3.05) is 24.6 Å². The van der Waals surface area contributed by atoms with Crippen LogP contribution >= 0.6 is 0 Å². The number of para-hydroxylation sites is 1. The fourth-order valence-electron chi connectivity index (χ4n) is 2.40. The topological polar surface area (TPSA) is 38.5 Å². The maximum absolute atomic E-state index is 5.84. The standard InChI is InChI=1S/C18H24N2O/c1-3-20(18-10-5-4-7-15(18)2)11-12-21-17-9-6-8-16(13-17)14-19/h4-10,13H,3,11-12,14,19H2,1-2H3. The van der Waals surface area contributed by atoms with Crippen molar-refractivity contribution in [1.29, 1.82) is 0 Å². The van der Waals surface area contributed by atoms with Crippen LogP contribution in [0, 0.1) is 6.92 Å². The summed E-state index contributed by atoms with van der Waals surface area (Å²) in [5, 5.41) is 0. The SMILES string of the molecule is CCN(CCOc1cccc(CN)c1)c1ccccc1C. The second kappa shape index (κ2) is 7.70. The summed E-state index contributed by atoms with van der Waals surface area (Å²) in [5.74, 6) is 0.888. The first-order valence-electron chi connectivity index (χ1n) is 7.47. The van der Waals surface area contributed by atoms with Gasteiger partial charge in [-0.2, -0.15) is 0 Å². The summed E-state index contributed by atoms with van der Waals surface area (Å²) in [6.07, 6.45) is 0. The molecule has 3 nitrogen and oxygen atoms in total. The van der Waals surface area contributed by atoms with E-state index in [1.807, 2.05) is 24.3 Å². The summed E-state index contributed by atoms with van der Waals surface area (Å²) in [4.78, 5) is 2.34. The number of nitrogens with zero attached hydrogens (tertiary/aromatic N) is 1. The molecule has 0 saturated carbocycles. The first-order chi connectivity index (χ1) is 10.2. The van der Waals surface area contributed by atoms with E-state index in [2.05, 4.69) is 43.0 Å². The predicted molar refractivity (Wildman–Crippen MR) is 88.9 cm³/mol.